The summed E-state index contributed by atoms with van der Waals surface area (Å²) in [7, 11) is 0. The Kier molecular flexibility index (Phi) is 4.58. The van der Waals surface area contributed by atoms with Gasteiger partial charge in [0.1, 0.15) is 17.9 Å². The van der Waals surface area contributed by atoms with Crippen LogP contribution in [0.1, 0.15) is 13.8 Å². The second-order valence-corrected chi connectivity index (χ2v) is 4.32. The number of rotatable bonds is 6. The molecular formula is C15H19NO3. The zero-order valence-electron chi connectivity index (χ0n) is 11.4. The minimum Gasteiger partial charge on any atom is -0.492 e. The van der Waals surface area contributed by atoms with Crippen LogP contribution in [0.2, 0.25) is 0 Å². The lowest BCUT2D eigenvalue weighted by molar-refractivity contribution is 0.223. The summed E-state index contributed by atoms with van der Waals surface area (Å²) in [4.78, 5) is 13.9. The van der Waals surface area contributed by atoms with Gasteiger partial charge in [0.15, 0.2) is 5.43 Å². The van der Waals surface area contributed by atoms with Crippen LogP contribution in [0.3, 0.4) is 0 Å². The maximum Gasteiger partial charge on any atom is 0.192 e. The molecule has 0 aliphatic carbocycles. The van der Waals surface area contributed by atoms with Gasteiger partial charge in [0.05, 0.1) is 11.6 Å². The van der Waals surface area contributed by atoms with Gasteiger partial charge in [-0.05, 0) is 25.2 Å². The quantitative estimate of drug-likeness (QED) is 0.801. The number of fused-ring (bicyclic) bond motifs is 1. The monoisotopic (exact) mass is 261 g/mol. The Balaban J connectivity index is 2.04. The predicted octanol–water partition coefficient (Wildman–Crippen LogP) is 2.51. The van der Waals surface area contributed by atoms with Crippen LogP contribution in [0.25, 0.3) is 11.0 Å². The van der Waals surface area contributed by atoms with Crippen molar-refractivity contribution in [1.29, 1.82) is 0 Å². The molecule has 4 nitrogen and oxygen atoms in total. The average Bonchev–Trinajstić information content (AvgIpc) is 2.44. The molecule has 102 valence electrons. The molecule has 4 heteroatoms. The van der Waals surface area contributed by atoms with Crippen LogP contribution in [0, 0.1) is 0 Å². The summed E-state index contributed by atoms with van der Waals surface area (Å²) in [5, 5.41) is 0.582. The molecular weight excluding hydrogens is 242 g/mol. The van der Waals surface area contributed by atoms with E-state index in [4.69, 9.17) is 9.15 Å². The number of nitrogens with zero attached hydrogens (tertiary/aromatic N) is 1. The molecule has 2 aromatic rings. The van der Waals surface area contributed by atoms with Crippen LogP contribution in [0.5, 0.6) is 5.75 Å². The average molecular weight is 261 g/mol. The molecule has 0 atom stereocenters. The first-order valence-corrected chi connectivity index (χ1v) is 6.61. The van der Waals surface area contributed by atoms with Crippen LogP contribution in [-0.4, -0.2) is 31.1 Å². The number of hydrogen-bond acceptors (Lipinski definition) is 4. The Morgan fingerprint density at radius 1 is 1.21 bits per heavy atom. The molecule has 0 aliphatic rings. The lowest BCUT2D eigenvalue weighted by Gasteiger charge is -2.17. The van der Waals surface area contributed by atoms with Crippen LogP contribution < -0.4 is 10.2 Å². The zero-order valence-corrected chi connectivity index (χ0v) is 11.4. The molecule has 1 heterocycles. The van der Waals surface area contributed by atoms with Crippen LogP contribution >= 0.6 is 0 Å². The molecule has 0 radical (unpaired) electrons. The summed E-state index contributed by atoms with van der Waals surface area (Å²) in [6.45, 7) is 7.83. The van der Waals surface area contributed by atoms with E-state index in [1.54, 1.807) is 12.1 Å². The Labute approximate surface area is 112 Å². The van der Waals surface area contributed by atoms with E-state index >= 15 is 0 Å². The highest BCUT2D eigenvalue weighted by atomic mass is 16.5. The SMILES string of the molecule is CCN(CC)CCOc1ccc2c(=O)ccoc2c1. The molecule has 0 N–H and O–H groups in total. The fraction of sp³-hybridized carbons (Fsp3) is 0.400. The fourth-order valence-corrected chi connectivity index (χ4v) is 1.98. The zero-order chi connectivity index (χ0) is 13.7. The molecule has 0 fully saturated rings. The Morgan fingerprint density at radius 2 is 2.00 bits per heavy atom. The van der Waals surface area contributed by atoms with Gasteiger partial charge >= 0.3 is 0 Å². The summed E-state index contributed by atoms with van der Waals surface area (Å²) in [5.74, 6) is 0.731. The summed E-state index contributed by atoms with van der Waals surface area (Å²) in [5.41, 5.74) is 0.531. The van der Waals surface area contributed by atoms with Gasteiger partial charge in [-0.15, -0.1) is 0 Å². The molecule has 0 aliphatic heterocycles. The highest BCUT2D eigenvalue weighted by Gasteiger charge is 2.03. The van der Waals surface area contributed by atoms with Gasteiger partial charge in [-0.3, -0.25) is 4.79 Å². The van der Waals surface area contributed by atoms with Crippen LogP contribution in [0.15, 0.2) is 39.7 Å². The van der Waals surface area contributed by atoms with Gasteiger partial charge in [-0.25, -0.2) is 0 Å². The van der Waals surface area contributed by atoms with E-state index < -0.39 is 0 Å². The Hall–Kier alpha value is -1.81. The molecule has 0 spiro atoms. The predicted molar refractivity (Wildman–Crippen MR) is 75.8 cm³/mol. The highest BCUT2D eigenvalue weighted by molar-refractivity contribution is 5.77. The minimum atomic E-state index is -0.0315. The lowest BCUT2D eigenvalue weighted by atomic mass is 10.2. The summed E-state index contributed by atoms with van der Waals surface area (Å²) in [6, 6.07) is 6.73. The van der Waals surface area contributed by atoms with E-state index in [9.17, 15) is 4.79 Å². The molecule has 2 rings (SSSR count). The van der Waals surface area contributed by atoms with Crippen molar-refractivity contribution in [1.82, 2.24) is 4.90 Å². The van der Waals surface area contributed by atoms with Crippen molar-refractivity contribution < 1.29 is 9.15 Å². The first kappa shape index (κ1) is 13.6. The number of benzene rings is 1. The van der Waals surface area contributed by atoms with Crippen LogP contribution in [-0.2, 0) is 0 Å². The van der Waals surface area contributed by atoms with Gasteiger partial charge in [0, 0.05) is 18.7 Å². The first-order valence-electron chi connectivity index (χ1n) is 6.61. The third-order valence-electron chi connectivity index (χ3n) is 3.20. The van der Waals surface area contributed by atoms with Gasteiger partial charge in [-0.2, -0.15) is 0 Å². The van der Waals surface area contributed by atoms with Crippen molar-refractivity contribution in [2.75, 3.05) is 26.2 Å². The van der Waals surface area contributed by atoms with E-state index in [0.717, 1.165) is 25.4 Å². The van der Waals surface area contributed by atoms with Gasteiger partial charge in [0.2, 0.25) is 0 Å². The lowest BCUT2D eigenvalue weighted by Crippen LogP contribution is -2.27. The third kappa shape index (κ3) is 3.35. The van der Waals surface area contributed by atoms with Crippen molar-refractivity contribution in [3.63, 3.8) is 0 Å². The summed E-state index contributed by atoms with van der Waals surface area (Å²) in [6.07, 6.45) is 1.41. The van der Waals surface area contributed by atoms with E-state index in [1.165, 1.54) is 12.3 Å². The molecule has 0 saturated heterocycles. The topological polar surface area (TPSA) is 42.7 Å². The molecule has 1 aromatic carbocycles. The fourth-order valence-electron chi connectivity index (χ4n) is 1.98. The standard InChI is InChI=1S/C15H19NO3/c1-3-16(4-2)8-10-18-12-5-6-13-14(17)7-9-19-15(13)11-12/h5-7,9,11H,3-4,8,10H2,1-2H3. The van der Waals surface area contributed by atoms with Gasteiger partial charge in [-0.1, -0.05) is 13.8 Å². The summed E-state index contributed by atoms with van der Waals surface area (Å²) >= 11 is 0. The third-order valence-corrected chi connectivity index (χ3v) is 3.20. The smallest absolute Gasteiger partial charge is 0.192 e. The Bertz CT molecular complexity index is 587. The van der Waals surface area contributed by atoms with E-state index in [-0.39, 0.29) is 5.43 Å². The number of hydrogen-bond donors (Lipinski definition) is 0. The second-order valence-electron chi connectivity index (χ2n) is 4.32. The maximum atomic E-state index is 11.6. The van der Waals surface area contributed by atoms with E-state index in [0.29, 0.717) is 17.6 Å². The van der Waals surface area contributed by atoms with E-state index in [2.05, 4.69) is 18.7 Å². The number of likely N-dealkylation sites (N-methyl/N-ethyl adjacent to an activating group) is 1. The minimum absolute atomic E-state index is 0.0315. The molecule has 0 saturated carbocycles. The van der Waals surface area contributed by atoms with Gasteiger partial charge in [0.25, 0.3) is 0 Å². The van der Waals surface area contributed by atoms with Crippen molar-refractivity contribution in [3.05, 3.63) is 40.8 Å². The van der Waals surface area contributed by atoms with Crippen molar-refractivity contribution in [2.45, 2.75) is 13.8 Å². The summed E-state index contributed by atoms with van der Waals surface area (Å²) < 4.78 is 11.0. The highest BCUT2D eigenvalue weighted by Crippen LogP contribution is 2.18. The first-order chi connectivity index (χ1) is 9.24. The van der Waals surface area contributed by atoms with E-state index in [1.807, 2.05) is 6.07 Å². The molecule has 0 amide bonds. The maximum absolute atomic E-state index is 11.6. The van der Waals surface area contributed by atoms with Crippen molar-refractivity contribution >= 4 is 11.0 Å². The Morgan fingerprint density at radius 3 is 2.74 bits per heavy atom. The van der Waals surface area contributed by atoms with Crippen molar-refractivity contribution in [3.8, 4) is 5.75 Å². The van der Waals surface area contributed by atoms with Crippen LogP contribution in [0.4, 0.5) is 0 Å². The van der Waals surface area contributed by atoms with Crippen molar-refractivity contribution in [2.24, 2.45) is 0 Å². The second kappa shape index (κ2) is 6.38. The largest absolute Gasteiger partial charge is 0.492 e. The molecule has 19 heavy (non-hydrogen) atoms. The van der Waals surface area contributed by atoms with Gasteiger partial charge < -0.3 is 14.1 Å². The number of ether oxygens (including phenoxy) is 1. The molecule has 0 unspecified atom stereocenters. The molecule has 0 bridgehead atoms. The normalized spacial score (nSPS) is 11.1. The molecule has 1 aromatic heterocycles.